The van der Waals surface area contributed by atoms with Crippen LogP contribution in [0.5, 0.6) is 5.75 Å². The van der Waals surface area contributed by atoms with Crippen molar-refractivity contribution in [2.75, 3.05) is 11.9 Å². The average molecular weight is 363 g/mol. The lowest BCUT2D eigenvalue weighted by Crippen LogP contribution is -2.34. The van der Waals surface area contributed by atoms with E-state index in [2.05, 4.69) is 10.6 Å². The van der Waals surface area contributed by atoms with Crippen LogP contribution >= 0.6 is 12.2 Å². The van der Waals surface area contributed by atoms with Gasteiger partial charge in [0.1, 0.15) is 11.6 Å². The number of anilines is 1. The SMILES string of the molecule is CCOc1ccc(C(=O)NC(=S)Nc2cc([N+](=O)[O-])ccc2F)cc1. The van der Waals surface area contributed by atoms with E-state index in [1.165, 1.54) is 0 Å². The van der Waals surface area contributed by atoms with E-state index in [0.717, 1.165) is 18.2 Å². The maximum atomic E-state index is 13.7. The number of carbonyl (C=O) groups excluding carboxylic acids is 1. The van der Waals surface area contributed by atoms with Gasteiger partial charge in [-0.15, -0.1) is 0 Å². The Morgan fingerprint density at radius 1 is 1.28 bits per heavy atom. The minimum absolute atomic E-state index is 0.182. The highest BCUT2D eigenvalue weighted by Gasteiger charge is 2.13. The zero-order valence-corrected chi connectivity index (χ0v) is 13.9. The third kappa shape index (κ3) is 4.95. The van der Waals surface area contributed by atoms with Gasteiger partial charge >= 0.3 is 0 Å². The topological polar surface area (TPSA) is 93.5 Å². The smallest absolute Gasteiger partial charge is 0.271 e. The predicted octanol–water partition coefficient (Wildman–Crippen LogP) is 3.26. The second-order valence-corrected chi connectivity index (χ2v) is 5.20. The number of halogens is 1. The predicted molar refractivity (Wildman–Crippen MR) is 94.4 cm³/mol. The first-order valence-electron chi connectivity index (χ1n) is 7.20. The average Bonchev–Trinajstić information content (AvgIpc) is 2.57. The molecule has 0 radical (unpaired) electrons. The fourth-order valence-electron chi connectivity index (χ4n) is 1.92. The van der Waals surface area contributed by atoms with Gasteiger partial charge in [0.2, 0.25) is 0 Å². The highest BCUT2D eigenvalue weighted by Crippen LogP contribution is 2.21. The molecule has 0 aromatic heterocycles. The number of hydrogen-bond acceptors (Lipinski definition) is 5. The zero-order chi connectivity index (χ0) is 18.4. The molecule has 0 fully saturated rings. The van der Waals surface area contributed by atoms with Crippen LogP contribution in [0.2, 0.25) is 0 Å². The number of benzene rings is 2. The van der Waals surface area contributed by atoms with E-state index in [1.54, 1.807) is 24.3 Å². The first kappa shape index (κ1) is 18.3. The zero-order valence-electron chi connectivity index (χ0n) is 13.1. The number of ether oxygens (including phenoxy) is 1. The van der Waals surface area contributed by atoms with Crippen LogP contribution in [0.3, 0.4) is 0 Å². The molecule has 0 aliphatic rings. The summed E-state index contributed by atoms with van der Waals surface area (Å²) in [6.45, 7) is 2.35. The Balaban J connectivity index is 2.03. The van der Waals surface area contributed by atoms with Crippen molar-refractivity contribution in [2.45, 2.75) is 6.92 Å². The number of amides is 1. The number of rotatable bonds is 5. The second kappa shape index (κ2) is 8.15. The molecule has 0 saturated heterocycles. The van der Waals surface area contributed by atoms with E-state index in [1.807, 2.05) is 6.92 Å². The van der Waals surface area contributed by atoms with E-state index in [9.17, 15) is 19.3 Å². The van der Waals surface area contributed by atoms with Gasteiger partial charge in [0.05, 0.1) is 17.2 Å². The minimum atomic E-state index is -0.733. The van der Waals surface area contributed by atoms with Gasteiger partial charge in [-0.25, -0.2) is 4.39 Å². The number of nitro benzene ring substituents is 1. The van der Waals surface area contributed by atoms with Crippen molar-refractivity contribution < 1.29 is 18.8 Å². The molecule has 25 heavy (non-hydrogen) atoms. The van der Waals surface area contributed by atoms with Gasteiger partial charge in [-0.3, -0.25) is 20.2 Å². The highest BCUT2D eigenvalue weighted by atomic mass is 32.1. The van der Waals surface area contributed by atoms with E-state index < -0.39 is 16.6 Å². The summed E-state index contributed by atoms with van der Waals surface area (Å²) in [6.07, 6.45) is 0. The van der Waals surface area contributed by atoms with Crippen molar-refractivity contribution in [2.24, 2.45) is 0 Å². The molecule has 9 heteroatoms. The number of non-ortho nitro benzene ring substituents is 1. The molecule has 1 amide bonds. The van der Waals surface area contributed by atoms with Crippen LogP contribution in [0, 0.1) is 15.9 Å². The molecule has 0 aliphatic carbocycles. The van der Waals surface area contributed by atoms with Gasteiger partial charge in [-0.2, -0.15) is 0 Å². The van der Waals surface area contributed by atoms with Crippen molar-refractivity contribution >= 4 is 34.6 Å². The molecule has 0 spiro atoms. The quantitative estimate of drug-likeness (QED) is 0.481. The molecule has 7 nitrogen and oxygen atoms in total. The van der Waals surface area contributed by atoms with Crippen LogP contribution in [-0.4, -0.2) is 22.5 Å². The summed E-state index contributed by atoms with van der Waals surface area (Å²) in [5.41, 5.74) is -0.178. The Kier molecular flexibility index (Phi) is 5.96. The number of thiocarbonyl (C=S) groups is 1. The number of hydrogen-bond donors (Lipinski definition) is 2. The Labute approximate surface area is 148 Å². The molecule has 0 bridgehead atoms. The van der Waals surface area contributed by atoms with Crippen molar-refractivity contribution in [3.63, 3.8) is 0 Å². The van der Waals surface area contributed by atoms with Gasteiger partial charge in [0.25, 0.3) is 11.6 Å². The van der Waals surface area contributed by atoms with Gasteiger partial charge in [0.15, 0.2) is 5.11 Å². The lowest BCUT2D eigenvalue weighted by Gasteiger charge is -2.10. The first-order valence-corrected chi connectivity index (χ1v) is 7.60. The third-order valence-electron chi connectivity index (χ3n) is 3.06. The van der Waals surface area contributed by atoms with Crippen molar-refractivity contribution in [1.29, 1.82) is 0 Å². The summed E-state index contributed by atoms with van der Waals surface area (Å²) < 4.78 is 19.0. The Morgan fingerprint density at radius 2 is 1.96 bits per heavy atom. The number of carbonyl (C=O) groups is 1. The normalized spacial score (nSPS) is 10.0. The standard InChI is InChI=1S/C16H14FN3O4S/c1-2-24-12-6-3-10(4-7-12)15(21)19-16(25)18-14-9-11(20(22)23)5-8-13(14)17/h3-9H,2H2,1H3,(H2,18,19,21,25). The van der Waals surface area contributed by atoms with Crippen LogP contribution in [0.25, 0.3) is 0 Å². The van der Waals surface area contributed by atoms with E-state index in [0.29, 0.717) is 17.9 Å². The Morgan fingerprint density at radius 3 is 2.56 bits per heavy atom. The molecule has 0 aliphatic heterocycles. The summed E-state index contributed by atoms with van der Waals surface area (Å²) in [4.78, 5) is 22.2. The van der Waals surface area contributed by atoms with Crippen molar-refractivity contribution in [3.8, 4) is 5.75 Å². The molecule has 2 N–H and O–H groups in total. The van der Waals surface area contributed by atoms with Crippen molar-refractivity contribution in [3.05, 3.63) is 64.0 Å². The van der Waals surface area contributed by atoms with E-state index in [4.69, 9.17) is 17.0 Å². The monoisotopic (exact) mass is 363 g/mol. The molecule has 0 unspecified atom stereocenters. The fraction of sp³-hybridized carbons (Fsp3) is 0.125. The molecule has 0 heterocycles. The van der Waals surface area contributed by atoms with Gasteiger partial charge in [-0.05, 0) is 49.5 Å². The van der Waals surface area contributed by atoms with Crippen LogP contribution in [0.4, 0.5) is 15.8 Å². The first-order chi connectivity index (χ1) is 11.9. The summed E-state index contributed by atoms with van der Waals surface area (Å²) in [5.74, 6) is -0.618. The summed E-state index contributed by atoms with van der Waals surface area (Å²) in [7, 11) is 0. The number of nitrogens with one attached hydrogen (secondary N) is 2. The third-order valence-corrected chi connectivity index (χ3v) is 3.27. The van der Waals surface area contributed by atoms with Gasteiger partial charge in [-0.1, -0.05) is 0 Å². The molecule has 2 rings (SSSR count). The molecular formula is C16H14FN3O4S. The van der Waals surface area contributed by atoms with Crippen LogP contribution in [0.1, 0.15) is 17.3 Å². The largest absolute Gasteiger partial charge is 0.494 e. The van der Waals surface area contributed by atoms with Gasteiger partial charge < -0.3 is 10.1 Å². The summed E-state index contributed by atoms with van der Waals surface area (Å²) in [6, 6.07) is 9.34. The van der Waals surface area contributed by atoms with E-state index >= 15 is 0 Å². The summed E-state index contributed by atoms with van der Waals surface area (Å²) >= 11 is 4.94. The molecule has 130 valence electrons. The maximum Gasteiger partial charge on any atom is 0.271 e. The second-order valence-electron chi connectivity index (χ2n) is 4.79. The van der Waals surface area contributed by atoms with E-state index in [-0.39, 0.29) is 16.5 Å². The fourth-order valence-corrected chi connectivity index (χ4v) is 2.12. The lowest BCUT2D eigenvalue weighted by atomic mass is 10.2. The summed E-state index contributed by atoms with van der Waals surface area (Å²) in [5, 5.41) is 15.4. The number of nitrogens with zero attached hydrogens (tertiary/aromatic N) is 1. The molecule has 0 saturated carbocycles. The molecule has 2 aromatic carbocycles. The molecule has 2 aromatic rings. The highest BCUT2D eigenvalue weighted by molar-refractivity contribution is 7.80. The Bertz CT molecular complexity index is 812. The van der Waals surface area contributed by atoms with Crippen LogP contribution in [0.15, 0.2) is 42.5 Å². The molecular weight excluding hydrogens is 349 g/mol. The minimum Gasteiger partial charge on any atom is -0.494 e. The van der Waals surface area contributed by atoms with Crippen molar-refractivity contribution in [1.82, 2.24) is 5.32 Å². The lowest BCUT2D eigenvalue weighted by molar-refractivity contribution is -0.384. The maximum absolute atomic E-state index is 13.7. The number of nitro groups is 1. The van der Waals surface area contributed by atoms with Gasteiger partial charge in [0, 0.05) is 17.7 Å². The van der Waals surface area contributed by atoms with Crippen LogP contribution < -0.4 is 15.4 Å². The Hall–Kier alpha value is -3.07. The van der Waals surface area contributed by atoms with Crippen LogP contribution in [-0.2, 0) is 0 Å². The molecule has 0 atom stereocenters.